The van der Waals surface area contributed by atoms with E-state index in [4.69, 9.17) is 9.84 Å². The Morgan fingerprint density at radius 3 is 2.10 bits per heavy atom. The van der Waals surface area contributed by atoms with Crippen LogP contribution >= 0.6 is 0 Å². The van der Waals surface area contributed by atoms with E-state index in [1.807, 2.05) is 0 Å². The molecule has 0 spiro atoms. The van der Waals surface area contributed by atoms with Crippen molar-refractivity contribution in [2.45, 2.75) is 84.0 Å². The summed E-state index contributed by atoms with van der Waals surface area (Å²) in [5.74, 6) is 0. The Kier molecular flexibility index (Phi) is 16.6. The topological polar surface area (TPSA) is 58.6 Å². The van der Waals surface area contributed by atoms with Gasteiger partial charge in [0.1, 0.15) is 0 Å². The van der Waals surface area contributed by atoms with Gasteiger partial charge in [0.05, 0.1) is 6.61 Å². The molecular weight excluding hydrogens is 266 g/mol. The van der Waals surface area contributed by atoms with Gasteiger partial charge in [0.15, 0.2) is 0 Å². The molecule has 126 valence electrons. The van der Waals surface area contributed by atoms with Crippen LogP contribution in [0.2, 0.25) is 0 Å². The lowest BCUT2D eigenvalue weighted by molar-refractivity contribution is 0.143. The van der Waals surface area contributed by atoms with Crippen LogP contribution in [0.25, 0.3) is 0 Å². The van der Waals surface area contributed by atoms with Gasteiger partial charge in [0.25, 0.3) is 0 Å². The van der Waals surface area contributed by atoms with Gasteiger partial charge in [-0.15, -0.1) is 0 Å². The maximum Gasteiger partial charge on any atom is 0.407 e. The monoisotopic (exact) mass is 301 g/mol. The summed E-state index contributed by atoms with van der Waals surface area (Å²) in [4.78, 5) is 11.4. The smallest absolute Gasteiger partial charge is 0.407 e. The maximum atomic E-state index is 11.4. The number of carbonyl (C=O) groups excluding carboxylic acids is 1. The number of amides is 1. The number of nitrogens with one attached hydrogen (secondary N) is 1. The average Bonchev–Trinajstić information content (AvgIpc) is 2.49. The predicted octanol–water partition coefficient (Wildman–Crippen LogP) is 4.41. The lowest BCUT2D eigenvalue weighted by Crippen LogP contribution is -2.25. The summed E-state index contributed by atoms with van der Waals surface area (Å²) < 4.78 is 5.13. The number of aliphatic hydroxyl groups is 1. The zero-order chi connectivity index (χ0) is 15.6. The Bertz CT molecular complexity index is 222. The van der Waals surface area contributed by atoms with Crippen molar-refractivity contribution in [1.82, 2.24) is 5.32 Å². The van der Waals surface area contributed by atoms with E-state index in [1.165, 1.54) is 38.5 Å². The summed E-state index contributed by atoms with van der Waals surface area (Å²) in [5.41, 5.74) is 0. The third kappa shape index (κ3) is 17.2. The molecule has 0 radical (unpaired) electrons. The van der Waals surface area contributed by atoms with Gasteiger partial charge in [-0.05, 0) is 19.3 Å². The first-order valence-corrected chi connectivity index (χ1v) is 8.82. The summed E-state index contributed by atoms with van der Waals surface area (Å²) in [5, 5.41) is 11.4. The highest BCUT2D eigenvalue weighted by Crippen LogP contribution is 2.05. The summed E-state index contributed by atoms with van der Waals surface area (Å²) in [6, 6.07) is 0. The van der Waals surface area contributed by atoms with Gasteiger partial charge in [0.2, 0.25) is 0 Å². The van der Waals surface area contributed by atoms with Crippen molar-refractivity contribution >= 4 is 6.09 Å². The van der Waals surface area contributed by atoms with Crippen LogP contribution < -0.4 is 5.32 Å². The first kappa shape index (κ1) is 20.2. The minimum Gasteiger partial charge on any atom is -0.450 e. The van der Waals surface area contributed by atoms with Crippen LogP contribution in [-0.4, -0.2) is 31.0 Å². The van der Waals surface area contributed by atoms with E-state index in [0.717, 1.165) is 38.5 Å². The van der Waals surface area contributed by atoms with Gasteiger partial charge >= 0.3 is 6.09 Å². The van der Waals surface area contributed by atoms with E-state index in [0.29, 0.717) is 19.8 Å². The summed E-state index contributed by atoms with van der Waals surface area (Å²) in [7, 11) is 0. The van der Waals surface area contributed by atoms with Crippen molar-refractivity contribution in [2.75, 3.05) is 19.8 Å². The molecule has 0 unspecified atom stereocenters. The third-order valence-corrected chi connectivity index (χ3v) is 3.59. The Morgan fingerprint density at radius 1 is 0.857 bits per heavy atom. The van der Waals surface area contributed by atoms with E-state index in [1.54, 1.807) is 0 Å². The predicted molar refractivity (Wildman–Crippen MR) is 87.5 cm³/mol. The van der Waals surface area contributed by atoms with Crippen molar-refractivity contribution in [1.29, 1.82) is 0 Å². The number of hydrogen-bond acceptors (Lipinski definition) is 3. The van der Waals surface area contributed by atoms with Gasteiger partial charge in [-0.3, -0.25) is 0 Å². The molecule has 0 rings (SSSR count). The second kappa shape index (κ2) is 17.3. The lowest BCUT2D eigenvalue weighted by atomic mass is 10.1. The highest BCUT2D eigenvalue weighted by Gasteiger charge is 2.00. The highest BCUT2D eigenvalue weighted by molar-refractivity contribution is 5.66. The molecule has 2 N–H and O–H groups in total. The van der Waals surface area contributed by atoms with Gasteiger partial charge < -0.3 is 15.2 Å². The second-order valence-corrected chi connectivity index (χ2v) is 5.68. The van der Waals surface area contributed by atoms with Crippen molar-refractivity contribution in [3.05, 3.63) is 0 Å². The SMILES string of the molecule is CCCCCCCCOC(=O)NCCCCCCCCO. The van der Waals surface area contributed by atoms with Crippen LogP contribution in [0.4, 0.5) is 4.79 Å². The number of unbranched alkanes of at least 4 members (excludes halogenated alkanes) is 10. The molecule has 0 aliphatic heterocycles. The average molecular weight is 301 g/mol. The molecule has 0 saturated heterocycles. The van der Waals surface area contributed by atoms with E-state index in [-0.39, 0.29) is 6.09 Å². The lowest BCUT2D eigenvalue weighted by Gasteiger charge is -2.07. The van der Waals surface area contributed by atoms with Gasteiger partial charge in [0, 0.05) is 13.2 Å². The quantitative estimate of drug-likeness (QED) is 0.441. The van der Waals surface area contributed by atoms with Crippen LogP contribution in [0.15, 0.2) is 0 Å². The molecule has 0 bridgehead atoms. The van der Waals surface area contributed by atoms with Gasteiger partial charge in [-0.2, -0.15) is 0 Å². The van der Waals surface area contributed by atoms with Crippen LogP contribution in [0, 0.1) is 0 Å². The first-order chi connectivity index (χ1) is 10.3. The minimum absolute atomic E-state index is 0.274. The fraction of sp³-hybridized carbons (Fsp3) is 0.941. The fourth-order valence-corrected chi connectivity index (χ4v) is 2.23. The first-order valence-electron chi connectivity index (χ1n) is 8.82. The molecule has 0 aromatic heterocycles. The number of ether oxygens (including phenoxy) is 1. The largest absolute Gasteiger partial charge is 0.450 e. The second-order valence-electron chi connectivity index (χ2n) is 5.68. The molecule has 21 heavy (non-hydrogen) atoms. The van der Waals surface area contributed by atoms with Crippen molar-refractivity contribution in [3.8, 4) is 0 Å². The summed E-state index contributed by atoms with van der Waals surface area (Å²) >= 11 is 0. The number of alkyl carbamates (subject to hydrolysis) is 1. The van der Waals surface area contributed by atoms with Crippen molar-refractivity contribution in [2.24, 2.45) is 0 Å². The number of rotatable bonds is 15. The fourth-order valence-electron chi connectivity index (χ4n) is 2.23. The normalized spacial score (nSPS) is 10.6. The molecule has 1 amide bonds. The molecule has 0 saturated carbocycles. The minimum atomic E-state index is -0.274. The molecule has 0 fully saturated rings. The van der Waals surface area contributed by atoms with Crippen LogP contribution in [0.1, 0.15) is 84.0 Å². The molecule has 0 aromatic rings. The maximum absolute atomic E-state index is 11.4. The van der Waals surface area contributed by atoms with Gasteiger partial charge in [-0.1, -0.05) is 64.7 Å². The Hall–Kier alpha value is -0.770. The number of carbonyl (C=O) groups is 1. The van der Waals surface area contributed by atoms with Crippen LogP contribution in [0.3, 0.4) is 0 Å². The zero-order valence-electron chi connectivity index (χ0n) is 13.9. The van der Waals surface area contributed by atoms with Crippen LogP contribution in [0.5, 0.6) is 0 Å². The van der Waals surface area contributed by atoms with E-state index < -0.39 is 0 Å². The molecule has 4 heteroatoms. The van der Waals surface area contributed by atoms with Gasteiger partial charge in [-0.25, -0.2) is 4.79 Å². The van der Waals surface area contributed by atoms with Crippen LogP contribution in [-0.2, 0) is 4.74 Å². The van der Waals surface area contributed by atoms with E-state index >= 15 is 0 Å². The van der Waals surface area contributed by atoms with Crippen molar-refractivity contribution < 1.29 is 14.6 Å². The molecule has 0 aliphatic rings. The Labute approximate surface area is 130 Å². The molecule has 0 aromatic carbocycles. The van der Waals surface area contributed by atoms with Crippen molar-refractivity contribution in [3.63, 3.8) is 0 Å². The molecule has 0 aliphatic carbocycles. The standard InChI is InChI=1S/C17H35NO3/c1-2-3-4-5-10-13-16-21-17(20)18-14-11-8-6-7-9-12-15-19/h19H,2-16H2,1H3,(H,18,20). The number of aliphatic hydroxyl groups excluding tert-OH is 1. The third-order valence-electron chi connectivity index (χ3n) is 3.59. The Balaban J connectivity index is 3.13. The zero-order valence-corrected chi connectivity index (χ0v) is 13.9. The molecule has 4 nitrogen and oxygen atoms in total. The molecule has 0 atom stereocenters. The van der Waals surface area contributed by atoms with E-state index in [9.17, 15) is 4.79 Å². The summed E-state index contributed by atoms with van der Waals surface area (Å²) in [6.45, 7) is 3.75. The molecule has 0 heterocycles. The highest BCUT2D eigenvalue weighted by atomic mass is 16.5. The van der Waals surface area contributed by atoms with E-state index in [2.05, 4.69) is 12.2 Å². The summed E-state index contributed by atoms with van der Waals surface area (Å²) in [6.07, 6.45) is 13.4. The number of hydrogen-bond donors (Lipinski definition) is 2. The molecular formula is C17H35NO3. The Morgan fingerprint density at radius 2 is 1.43 bits per heavy atom.